The van der Waals surface area contributed by atoms with E-state index in [0.29, 0.717) is 17.5 Å². The first-order chi connectivity index (χ1) is 13.9. The molecular weight excluding hydrogens is 385 g/mol. The number of fused-ring (bicyclic) bond motifs is 1. The average Bonchev–Trinajstić information content (AvgIpc) is 3.18. The molecule has 1 fully saturated rings. The first kappa shape index (κ1) is 19.4. The number of likely N-dealkylation sites (N-methyl/N-ethyl adjacent to an activating group) is 1. The van der Waals surface area contributed by atoms with E-state index in [1.165, 1.54) is 6.07 Å². The van der Waals surface area contributed by atoms with Gasteiger partial charge < -0.3 is 15.3 Å². The van der Waals surface area contributed by atoms with Crippen LogP contribution in [0.3, 0.4) is 0 Å². The number of phenols is 1. The summed E-state index contributed by atoms with van der Waals surface area (Å²) >= 11 is 0. The summed E-state index contributed by atoms with van der Waals surface area (Å²) in [6, 6.07) is 3.00. The van der Waals surface area contributed by atoms with Crippen molar-refractivity contribution in [2.24, 2.45) is 0 Å². The molecule has 7 nitrogen and oxygen atoms in total. The van der Waals surface area contributed by atoms with Crippen molar-refractivity contribution >= 4 is 11.5 Å². The molecule has 0 aliphatic carbocycles. The predicted octanol–water partition coefficient (Wildman–Crippen LogP) is 3.41. The van der Waals surface area contributed by atoms with Crippen LogP contribution in [0.4, 0.5) is 19.0 Å². The average molecular weight is 406 g/mol. The third-order valence-corrected chi connectivity index (χ3v) is 5.18. The lowest BCUT2D eigenvalue weighted by Crippen LogP contribution is -2.42. The Balaban J connectivity index is 1.67. The molecule has 0 radical (unpaired) electrons. The molecule has 0 bridgehead atoms. The Kier molecular flexibility index (Phi) is 5.03. The van der Waals surface area contributed by atoms with E-state index in [1.807, 2.05) is 0 Å². The van der Waals surface area contributed by atoms with Crippen molar-refractivity contribution in [1.29, 1.82) is 0 Å². The van der Waals surface area contributed by atoms with Gasteiger partial charge in [-0.15, -0.1) is 10.2 Å². The molecule has 2 aromatic heterocycles. The number of aromatic hydroxyl groups is 1. The molecule has 1 saturated heterocycles. The second-order valence-electron chi connectivity index (χ2n) is 7.10. The Morgan fingerprint density at radius 2 is 2.10 bits per heavy atom. The summed E-state index contributed by atoms with van der Waals surface area (Å²) in [6.07, 6.45) is 0.758. The minimum atomic E-state index is -4.54. The van der Waals surface area contributed by atoms with E-state index in [0.717, 1.165) is 38.5 Å². The van der Waals surface area contributed by atoms with Crippen LogP contribution in [-0.2, 0) is 6.18 Å². The predicted molar refractivity (Wildman–Crippen MR) is 102 cm³/mol. The fraction of sp³-hybridized carbons (Fsp3) is 0.421. The van der Waals surface area contributed by atoms with Crippen LogP contribution in [-0.4, -0.2) is 55.3 Å². The third kappa shape index (κ3) is 3.84. The zero-order valence-electron chi connectivity index (χ0n) is 15.8. The second kappa shape index (κ2) is 7.51. The fourth-order valence-corrected chi connectivity index (χ4v) is 3.67. The minimum absolute atomic E-state index is 0.148. The summed E-state index contributed by atoms with van der Waals surface area (Å²) in [4.78, 5) is 6.67. The van der Waals surface area contributed by atoms with E-state index >= 15 is 0 Å². The maximum atomic E-state index is 12.9. The molecular formula is C19H21F3N6O. The van der Waals surface area contributed by atoms with E-state index in [4.69, 9.17) is 0 Å². The number of hydrogen-bond donors (Lipinski definition) is 2. The van der Waals surface area contributed by atoms with Gasteiger partial charge in [-0.1, -0.05) is 6.92 Å². The van der Waals surface area contributed by atoms with Crippen LogP contribution in [0.25, 0.3) is 17.0 Å². The van der Waals surface area contributed by atoms with E-state index in [1.54, 1.807) is 16.8 Å². The van der Waals surface area contributed by atoms with Gasteiger partial charge in [-0.05, 0) is 44.1 Å². The largest absolute Gasteiger partial charge is 0.507 e. The highest BCUT2D eigenvalue weighted by atomic mass is 19.4. The standard InChI is InChI=1S/C19H21F3N6O/c1-2-27-8-3-4-13(11-27)24-16-18-23-7-9-28(18)17(26-25-16)14-6-5-12(10-15(14)29)19(20,21)22/h5-7,9-10,13,29H,2-4,8,11H2,1H3,(H,24,25)/t13-/m1/s1. The number of aromatic nitrogens is 4. The van der Waals surface area contributed by atoms with Crippen molar-refractivity contribution < 1.29 is 18.3 Å². The van der Waals surface area contributed by atoms with E-state index in [-0.39, 0.29) is 17.4 Å². The Hall–Kier alpha value is -2.88. The van der Waals surface area contributed by atoms with E-state index in [9.17, 15) is 18.3 Å². The lowest BCUT2D eigenvalue weighted by atomic mass is 10.1. The third-order valence-electron chi connectivity index (χ3n) is 5.18. The number of piperidine rings is 1. The lowest BCUT2D eigenvalue weighted by molar-refractivity contribution is -0.137. The number of anilines is 1. The van der Waals surface area contributed by atoms with Crippen molar-refractivity contribution in [3.05, 3.63) is 36.2 Å². The van der Waals surface area contributed by atoms with Gasteiger partial charge >= 0.3 is 6.18 Å². The van der Waals surface area contributed by atoms with Gasteiger partial charge in [-0.3, -0.25) is 4.40 Å². The number of rotatable bonds is 4. The highest BCUT2D eigenvalue weighted by molar-refractivity contribution is 5.71. The molecule has 154 valence electrons. The molecule has 1 aromatic carbocycles. The van der Waals surface area contributed by atoms with Gasteiger partial charge in [0, 0.05) is 25.0 Å². The number of nitrogens with zero attached hydrogens (tertiary/aromatic N) is 5. The minimum Gasteiger partial charge on any atom is -0.507 e. The van der Waals surface area contributed by atoms with Gasteiger partial charge in [0.2, 0.25) is 0 Å². The van der Waals surface area contributed by atoms with Crippen LogP contribution in [0.5, 0.6) is 5.75 Å². The normalized spacial score (nSPS) is 18.3. The second-order valence-corrected chi connectivity index (χ2v) is 7.10. The summed E-state index contributed by atoms with van der Waals surface area (Å²) in [5.41, 5.74) is -0.276. The Bertz CT molecular complexity index is 1020. The van der Waals surface area contributed by atoms with Gasteiger partial charge in [0.05, 0.1) is 11.1 Å². The van der Waals surface area contributed by atoms with Crippen LogP contribution in [0.15, 0.2) is 30.6 Å². The molecule has 10 heteroatoms. The number of nitrogens with one attached hydrogen (secondary N) is 1. The number of benzene rings is 1. The van der Waals surface area contributed by atoms with Crippen molar-refractivity contribution in [2.75, 3.05) is 25.0 Å². The van der Waals surface area contributed by atoms with Crippen LogP contribution in [0.1, 0.15) is 25.3 Å². The topological polar surface area (TPSA) is 78.6 Å². The molecule has 1 aliphatic heterocycles. The maximum absolute atomic E-state index is 12.9. The summed E-state index contributed by atoms with van der Waals surface area (Å²) < 4.78 is 40.2. The van der Waals surface area contributed by atoms with Crippen LogP contribution in [0, 0.1) is 0 Å². The zero-order chi connectivity index (χ0) is 20.6. The number of likely N-dealkylation sites (tertiary alicyclic amines) is 1. The first-order valence-corrected chi connectivity index (χ1v) is 9.46. The van der Waals surface area contributed by atoms with Gasteiger partial charge in [0.25, 0.3) is 0 Å². The van der Waals surface area contributed by atoms with Crippen LogP contribution < -0.4 is 5.32 Å². The number of halogens is 3. The zero-order valence-corrected chi connectivity index (χ0v) is 15.8. The van der Waals surface area contributed by atoms with Crippen molar-refractivity contribution in [3.63, 3.8) is 0 Å². The number of phenolic OH excluding ortho intramolecular Hbond substituents is 1. The summed E-state index contributed by atoms with van der Waals surface area (Å²) in [6.45, 7) is 5.08. The molecule has 4 rings (SSSR count). The molecule has 29 heavy (non-hydrogen) atoms. The summed E-state index contributed by atoms with van der Waals surface area (Å²) in [5, 5.41) is 21.9. The van der Waals surface area contributed by atoms with Gasteiger partial charge in [0.1, 0.15) is 5.75 Å². The number of imidazole rings is 1. The molecule has 0 amide bonds. The van der Waals surface area contributed by atoms with Crippen LogP contribution >= 0.6 is 0 Å². The Morgan fingerprint density at radius 3 is 2.83 bits per heavy atom. The summed E-state index contributed by atoms with van der Waals surface area (Å²) in [7, 11) is 0. The molecule has 1 aliphatic rings. The molecule has 0 spiro atoms. The Morgan fingerprint density at radius 1 is 1.28 bits per heavy atom. The molecule has 0 unspecified atom stereocenters. The van der Waals surface area contributed by atoms with Crippen molar-refractivity contribution in [3.8, 4) is 17.1 Å². The quantitative estimate of drug-likeness (QED) is 0.691. The smallest absolute Gasteiger partial charge is 0.416 e. The summed E-state index contributed by atoms with van der Waals surface area (Å²) in [5.74, 6) is 0.205. The number of hydrogen-bond acceptors (Lipinski definition) is 6. The molecule has 3 heterocycles. The lowest BCUT2D eigenvalue weighted by Gasteiger charge is -2.32. The highest BCUT2D eigenvalue weighted by Gasteiger charge is 2.31. The van der Waals surface area contributed by atoms with Gasteiger partial charge in [-0.2, -0.15) is 13.2 Å². The highest BCUT2D eigenvalue weighted by Crippen LogP contribution is 2.36. The van der Waals surface area contributed by atoms with Crippen molar-refractivity contribution in [1.82, 2.24) is 24.5 Å². The molecule has 1 atom stereocenters. The first-order valence-electron chi connectivity index (χ1n) is 9.46. The molecule has 2 N–H and O–H groups in total. The molecule has 3 aromatic rings. The van der Waals surface area contributed by atoms with Gasteiger partial charge in [-0.25, -0.2) is 4.98 Å². The molecule has 0 saturated carbocycles. The maximum Gasteiger partial charge on any atom is 0.416 e. The van der Waals surface area contributed by atoms with E-state index < -0.39 is 17.5 Å². The number of alkyl halides is 3. The van der Waals surface area contributed by atoms with Gasteiger partial charge in [0.15, 0.2) is 17.3 Å². The monoisotopic (exact) mass is 406 g/mol. The van der Waals surface area contributed by atoms with Crippen molar-refractivity contribution in [2.45, 2.75) is 32.0 Å². The van der Waals surface area contributed by atoms with E-state index in [2.05, 4.69) is 32.3 Å². The Labute approximate surface area is 165 Å². The van der Waals surface area contributed by atoms with Crippen LogP contribution in [0.2, 0.25) is 0 Å². The SMILES string of the molecule is CCN1CCC[C@@H](Nc2nnc(-c3ccc(C(F)(F)F)cc3O)n3ccnc23)C1. The fourth-order valence-electron chi connectivity index (χ4n) is 3.67.